The fourth-order valence-corrected chi connectivity index (χ4v) is 5.81. The second-order valence-corrected chi connectivity index (χ2v) is 11.6. The van der Waals surface area contributed by atoms with Crippen molar-refractivity contribution in [3.05, 3.63) is 91.0 Å². The molecule has 0 aliphatic carbocycles. The minimum absolute atomic E-state index is 0.175. The van der Waals surface area contributed by atoms with E-state index in [1.807, 2.05) is 30.3 Å². The van der Waals surface area contributed by atoms with Gasteiger partial charge in [0.15, 0.2) is 0 Å². The van der Waals surface area contributed by atoms with Crippen molar-refractivity contribution in [2.75, 3.05) is 39.6 Å². The van der Waals surface area contributed by atoms with Gasteiger partial charge >= 0.3 is 0 Å². The highest BCUT2D eigenvalue weighted by Crippen LogP contribution is 2.48. The summed E-state index contributed by atoms with van der Waals surface area (Å²) in [6.07, 6.45) is 0.576. The molecule has 0 N–H and O–H groups in total. The monoisotopic (exact) mass is 586 g/mol. The molecule has 220 valence electrons. The van der Waals surface area contributed by atoms with E-state index < -0.39 is 0 Å². The van der Waals surface area contributed by atoms with Crippen LogP contribution in [-0.2, 0) is 14.2 Å². The lowest BCUT2D eigenvalue weighted by atomic mass is 9.92. The molecule has 3 fully saturated rings. The molecular weight excluding hydrogens is 556 g/mol. The number of benzene rings is 5. The van der Waals surface area contributed by atoms with Crippen LogP contribution in [0, 0.1) is 0 Å². The number of ether oxygens (including phenoxy) is 6. The Morgan fingerprint density at radius 1 is 0.523 bits per heavy atom. The first-order chi connectivity index (χ1) is 21.8. The molecule has 7 heteroatoms. The number of fused-ring (bicyclic) bond motifs is 6. The summed E-state index contributed by atoms with van der Waals surface area (Å²) in [5.74, 6) is 3.23. The van der Waals surface area contributed by atoms with Gasteiger partial charge in [0.05, 0.1) is 19.8 Å². The van der Waals surface area contributed by atoms with E-state index in [1.54, 1.807) is 0 Å². The molecule has 3 aliphatic rings. The van der Waals surface area contributed by atoms with E-state index in [4.69, 9.17) is 32.8 Å². The topological polar surface area (TPSA) is 78.4 Å². The van der Waals surface area contributed by atoms with Gasteiger partial charge < -0.3 is 32.8 Å². The summed E-state index contributed by atoms with van der Waals surface area (Å²) in [5.41, 5.74) is 3.87. The number of rotatable bonds is 11. The predicted octanol–water partition coefficient (Wildman–Crippen LogP) is 7.41. The first-order valence-corrected chi connectivity index (χ1v) is 15.1. The molecule has 3 atom stereocenters. The van der Waals surface area contributed by atoms with Crippen molar-refractivity contribution in [2.45, 2.75) is 18.3 Å². The SMILES string of the molecule is c1ccc2c(c1)c1ccc(OCC3CO3)cc1c1c(-c3ccc(OCC4CO4)cc3)c(-c3ccc(OCC4CO4)cc3)oc21. The Hall–Kier alpha value is -4.56. The largest absolute Gasteiger partial charge is 0.491 e. The highest BCUT2D eigenvalue weighted by molar-refractivity contribution is 6.28. The maximum Gasteiger partial charge on any atom is 0.143 e. The highest BCUT2D eigenvalue weighted by Gasteiger charge is 2.26. The average molecular weight is 587 g/mol. The quantitative estimate of drug-likeness (QED) is 0.116. The molecule has 5 aromatic carbocycles. The van der Waals surface area contributed by atoms with Crippen molar-refractivity contribution in [2.24, 2.45) is 0 Å². The van der Waals surface area contributed by atoms with Crippen LogP contribution in [0.25, 0.3) is 55.0 Å². The molecule has 4 heterocycles. The summed E-state index contributed by atoms with van der Waals surface area (Å²) in [4.78, 5) is 0. The number of hydrogen-bond donors (Lipinski definition) is 0. The molecule has 6 aromatic rings. The van der Waals surface area contributed by atoms with E-state index >= 15 is 0 Å². The fraction of sp³-hybridized carbons (Fsp3) is 0.243. The first kappa shape index (κ1) is 25.9. The van der Waals surface area contributed by atoms with Gasteiger partial charge in [0.25, 0.3) is 0 Å². The van der Waals surface area contributed by atoms with Crippen LogP contribution in [0.5, 0.6) is 17.2 Å². The van der Waals surface area contributed by atoms with E-state index in [2.05, 4.69) is 60.7 Å². The molecule has 3 saturated heterocycles. The van der Waals surface area contributed by atoms with E-state index in [9.17, 15) is 0 Å². The van der Waals surface area contributed by atoms with E-state index in [-0.39, 0.29) is 18.3 Å². The van der Waals surface area contributed by atoms with Crippen LogP contribution in [0.3, 0.4) is 0 Å². The van der Waals surface area contributed by atoms with Gasteiger partial charge in [-0.3, -0.25) is 0 Å². The van der Waals surface area contributed by atoms with Gasteiger partial charge in [-0.2, -0.15) is 0 Å². The zero-order valence-corrected chi connectivity index (χ0v) is 24.0. The van der Waals surface area contributed by atoms with Gasteiger partial charge in [0.2, 0.25) is 0 Å². The molecule has 44 heavy (non-hydrogen) atoms. The van der Waals surface area contributed by atoms with Crippen LogP contribution in [0.15, 0.2) is 95.4 Å². The van der Waals surface area contributed by atoms with Gasteiger partial charge in [-0.25, -0.2) is 0 Å². The standard InChI is InChI=1S/C37H30O7/c1-2-4-32-30(3-1)31-14-13-26(40-18-29-21-43-29)15-33(31)35-34(22-5-9-24(10-6-22)38-16-27-19-41-27)36(44-37(32)35)23-7-11-25(12-8-23)39-17-28-20-42-28/h1-15,27-29H,16-21H2. The second kappa shape index (κ2) is 10.6. The van der Waals surface area contributed by atoms with Crippen molar-refractivity contribution < 1.29 is 32.8 Å². The van der Waals surface area contributed by atoms with E-state index in [0.29, 0.717) is 19.8 Å². The lowest BCUT2D eigenvalue weighted by Crippen LogP contribution is -2.03. The third-order valence-electron chi connectivity index (χ3n) is 8.40. The molecule has 1 aromatic heterocycles. The maximum absolute atomic E-state index is 6.91. The van der Waals surface area contributed by atoms with Crippen LogP contribution in [0.1, 0.15) is 0 Å². The number of furan rings is 1. The summed E-state index contributed by atoms with van der Waals surface area (Å²) in [6, 6.07) is 31.1. The fourth-order valence-electron chi connectivity index (χ4n) is 5.81. The molecule has 0 saturated carbocycles. The van der Waals surface area contributed by atoms with Gasteiger partial charge in [-0.05, 0) is 70.3 Å². The van der Waals surface area contributed by atoms with Gasteiger partial charge in [-0.1, -0.05) is 42.5 Å². The molecule has 0 radical (unpaired) electrons. The normalized spacial score (nSPS) is 20.2. The Morgan fingerprint density at radius 2 is 1.02 bits per heavy atom. The Morgan fingerprint density at radius 3 is 1.61 bits per heavy atom. The molecule has 7 nitrogen and oxygen atoms in total. The minimum Gasteiger partial charge on any atom is -0.491 e. The third-order valence-corrected chi connectivity index (χ3v) is 8.40. The average Bonchev–Trinajstić information content (AvgIpc) is 3.94. The molecular formula is C37H30O7. The van der Waals surface area contributed by atoms with Crippen LogP contribution < -0.4 is 14.2 Å². The van der Waals surface area contributed by atoms with Crippen molar-refractivity contribution in [3.63, 3.8) is 0 Å². The Kier molecular flexibility index (Phi) is 6.21. The summed E-state index contributed by atoms with van der Waals surface area (Å²) in [7, 11) is 0. The van der Waals surface area contributed by atoms with Crippen molar-refractivity contribution >= 4 is 32.5 Å². The summed E-state index contributed by atoms with van der Waals surface area (Å²) >= 11 is 0. The lowest BCUT2D eigenvalue weighted by molar-refractivity contribution is 0.263. The van der Waals surface area contributed by atoms with E-state index in [0.717, 1.165) is 92.0 Å². The molecule has 3 aliphatic heterocycles. The Labute approximate surface area is 253 Å². The van der Waals surface area contributed by atoms with Crippen LogP contribution in [0.2, 0.25) is 0 Å². The number of epoxide rings is 3. The minimum atomic E-state index is 0.175. The zero-order chi connectivity index (χ0) is 29.0. The molecule has 0 bridgehead atoms. The summed E-state index contributed by atoms with van der Waals surface area (Å²) in [6.45, 7) is 3.95. The Balaban J connectivity index is 1.23. The highest BCUT2D eigenvalue weighted by atomic mass is 16.6. The van der Waals surface area contributed by atoms with Crippen molar-refractivity contribution in [3.8, 4) is 39.7 Å². The van der Waals surface area contributed by atoms with Crippen molar-refractivity contribution in [1.29, 1.82) is 0 Å². The predicted molar refractivity (Wildman–Crippen MR) is 168 cm³/mol. The smallest absolute Gasteiger partial charge is 0.143 e. The second-order valence-electron chi connectivity index (χ2n) is 11.6. The van der Waals surface area contributed by atoms with Gasteiger partial charge in [0.1, 0.15) is 66.7 Å². The first-order valence-electron chi connectivity index (χ1n) is 15.1. The Bertz CT molecular complexity index is 1980. The zero-order valence-electron chi connectivity index (χ0n) is 24.0. The molecule has 9 rings (SSSR count). The molecule has 0 amide bonds. The van der Waals surface area contributed by atoms with Crippen molar-refractivity contribution in [1.82, 2.24) is 0 Å². The van der Waals surface area contributed by atoms with E-state index in [1.165, 1.54) is 0 Å². The van der Waals surface area contributed by atoms with Crippen LogP contribution >= 0.6 is 0 Å². The molecule has 3 unspecified atom stereocenters. The van der Waals surface area contributed by atoms with Gasteiger partial charge in [0, 0.05) is 21.9 Å². The summed E-state index contributed by atoms with van der Waals surface area (Å²) in [5, 5.41) is 5.47. The molecule has 0 spiro atoms. The lowest BCUT2D eigenvalue weighted by Gasteiger charge is -2.11. The maximum atomic E-state index is 6.91. The van der Waals surface area contributed by atoms with Crippen LogP contribution in [0.4, 0.5) is 0 Å². The number of hydrogen-bond acceptors (Lipinski definition) is 7. The third kappa shape index (κ3) is 5.03. The summed E-state index contributed by atoms with van der Waals surface area (Å²) < 4.78 is 40.9. The van der Waals surface area contributed by atoms with Crippen LogP contribution in [-0.4, -0.2) is 58.0 Å². The van der Waals surface area contributed by atoms with Gasteiger partial charge in [-0.15, -0.1) is 0 Å².